The number of urea groups is 1. The van der Waals surface area contributed by atoms with Crippen molar-refractivity contribution >= 4 is 12.0 Å². The molecule has 0 aliphatic carbocycles. The van der Waals surface area contributed by atoms with Crippen LogP contribution in [0.1, 0.15) is 19.3 Å². The number of aliphatic hydroxyl groups excluding tert-OH is 1. The summed E-state index contributed by atoms with van der Waals surface area (Å²) in [5, 5.41) is 22.4. The van der Waals surface area contributed by atoms with E-state index in [0.29, 0.717) is 13.2 Å². The molecule has 2 amide bonds. The zero-order chi connectivity index (χ0) is 12.7. The molecule has 0 bridgehead atoms. The highest BCUT2D eigenvalue weighted by atomic mass is 16.5. The molecule has 7 nitrogen and oxygen atoms in total. The quantitative estimate of drug-likeness (QED) is 0.513. The van der Waals surface area contributed by atoms with Crippen molar-refractivity contribution in [1.82, 2.24) is 10.6 Å². The standard InChI is InChI=1S/C10H18N2O5/c13-4-3-8(9(14)15)12-10(16)11-7-2-1-5-17-6-7/h7-8,13H,1-6H2,(H,14,15)(H2,11,12,16)/t7?,8-/m1/s1. The summed E-state index contributed by atoms with van der Waals surface area (Å²) < 4.78 is 5.18. The van der Waals surface area contributed by atoms with Crippen molar-refractivity contribution in [1.29, 1.82) is 0 Å². The molecule has 1 unspecified atom stereocenters. The van der Waals surface area contributed by atoms with Crippen LogP contribution in [0.2, 0.25) is 0 Å². The first-order valence-electron chi connectivity index (χ1n) is 5.62. The highest BCUT2D eigenvalue weighted by Crippen LogP contribution is 2.05. The van der Waals surface area contributed by atoms with Crippen LogP contribution in [0.4, 0.5) is 4.79 Å². The molecule has 0 aromatic heterocycles. The summed E-state index contributed by atoms with van der Waals surface area (Å²) in [6.07, 6.45) is 1.69. The second-order valence-electron chi connectivity index (χ2n) is 3.93. The Bertz CT molecular complexity index is 265. The van der Waals surface area contributed by atoms with Crippen molar-refractivity contribution in [2.24, 2.45) is 0 Å². The van der Waals surface area contributed by atoms with Gasteiger partial charge < -0.3 is 25.6 Å². The Morgan fingerprint density at radius 3 is 2.76 bits per heavy atom. The van der Waals surface area contributed by atoms with Crippen LogP contribution in [0.5, 0.6) is 0 Å². The fourth-order valence-corrected chi connectivity index (χ4v) is 1.63. The predicted octanol–water partition coefficient (Wildman–Crippen LogP) is -0.700. The van der Waals surface area contributed by atoms with Gasteiger partial charge in [0.2, 0.25) is 0 Å². The van der Waals surface area contributed by atoms with Gasteiger partial charge in [-0.25, -0.2) is 9.59 Å². The Balaban J connectivity index is 2.33. The third-order valence-electron chi connectivity index (χ3n) is 2.52. The number of rotatable bonds is 5. The fraction of sp³-hybridized carbons (Fsp3) is 0.800. The summed E-state index contributed by atoms with van der Waals surface area (Å²) in [7, 11) is 0. The molecule has 4 N–H and O–H groups in total. The predicted molar refractivity (Wildman–Crippen MR) is 58.6 cm³/mol. The fourth-order valence-electron chi connectivity index (χ4n) is 1.63. The lowest BCUT2D eigenvalue weighted by Crippen LogP contribution is -2.51. The lowest BCUT2D eigenvalue weighted by Gasteiger charge is -2.24. The minimum atomic E-state index is -1.16. The average Bonchev–Trinajstić information content (AvgIpc) is 2.29. The van der Waals surface area contributed by atoms with E-state index in [1.54, 1.807) is 0 Å². The lowest BCUT2D eigenvalue weighted by atomic mass is 10.1. The number of carbonyl (C=O) groups is 2. The molecule has 2 atom stereocenters. The van der Waals surface area contributed by atoms with E-state index in [1.807, 2.05) is 0 Å². The van der Waals surface area contributed by atoms with Crippen LogP contribution in [-0.2, 0) is 9.53 Å². The van der Waals surface area contributed by atoms with Gasteiger partial charge >= 0.3 is 12.0 Å². The van der Waals surface area contributed by atoms with Crippen LogP contribution < -0.4 is 10.6 Å². The first kappa shape index (κ1) is 13.7. The molecule has 0 spiro atoms. The summed E-state index contributed by atoms with van der Waals surface area (Å²) in [4.78, 5) is 22.2. The molecule has 0 saturated carbocycles. The number of nitrogens with one attached hydrogen (secondary N) is 2. The van der Waals surface area contributed by atoms with Gasteiger partial charge in [0.1, 0.15) is 6.04 Å². The summed E-state index contributed by atoms with van der Waals surface area (Å²) in [5.41, 5.74) is 0. The van der Waals surface area contributed by atoms with Crippen molar-refractivity contribution in [3.8, 4) is 0 Å². The number of aliphatic hydroxyl groups is 1. The second-order valence-corrected chi connectivity index (χ2v) is 3.93. The third kappa shape index (κ3) is 5.01. The summed E-state index contributed by atoms with van der Waals surface area (Å²) in [6, 6.07) is -1.68. The summed E-state index contributed by atoms with van der Waals surface area (Å²) >= 11 is 0. The molecule has 1 heterocycles. The van der Waals surface area contributed by atoms with Gasteiger partial charge in [-0.2, -0.15) is 0 Å². The molecule has 1 rings (SSSR count). The maximum atomic E-state index is 11.5. The van der Waals surface area contributed by atoms with Gasteiger partial charge in [-0.05, 0) is 12.8 Å². The molecule has 17 heavy (non-hydrogen) atoms. The first-order valence-corrected chi connectivity index (χ1v) is 5.62. The van der Waals surface area contributed by atoms with Crippen molar-refractivity contribution in [3.05, 3.63) is 0 Å². The molecule has 1 aliphatic heterocycles. The van der Waals surface area contributed by atoms with Gasteiger partial charge in [0, 0.05) is 19.6 Å². The number of hydrogen-bond acceptors (Lipinski definition) is 4. The number of hydrogen-bond donors (Lipinski definition) is 4. The van der Waals surface area contributed by atoms with Gasteiger partial charge in [0.15, 0.2) is 0 Å². The number of aliphatic carboxylic acids is 1. The Labute approximate surface area is 99.1 Å². The molecule has 1 saturated heterocycles. The minimum Gasteiger partial charge on any atom is -0.480 e. The largest absolute Gasteiger partial charge is 0.480 e. The van der Waals surface area contributed by atoms with Crippen LogP contribution in [0.25, 0.3) is 0 Å². The number of carboxylic acids is 1. The maximum absolute atomic E-state index is 11.5. The lowest BCUT2D eigenvalue weighted by molar-refractivity contribution is -0.139. The Hall–Kier alpha value is -1.34. The van der Waals surface area contributed by atoms with Gasteiger partial charge in [-0.3, -0.25) is 0 Å². The number of carbonyl (C=O) groups excluding carboxylic acids is 1. The molecular formula is C10H18N2O5. The number of ether oxygens (including phenoxy) is 1. The third-order valence-corrected chi connectivity index (χ3v) is 2.52. The van der Waals surface area contributed by atoms with E-state index < -0.39 is 18.0 Å². The van der Waals surface area contributed by atoms with Crippen molar-refractivity contribution in [3.63, 3.8) is 0 Å². The average molecular weight is 246 g/mol. The first-order chi connectivity index (χ1) is 8.13. The van der Waals surface area contributed by atoms with Crippen LogP contribution in [0.15, 0.2) is 0 Å². The van der Waals surface area contributed by atoms with Crippen LogP contribution in [0.3, 0.4) is 0 Å². The minimum absolute atomic E-state index is 0.01000. The SMILES string of the molecule is O=C(NC1CCCOC1)N[C@H](CCO)C(=O)O. The second kappa shape index (κ2) is 7.08. The normalized spacial score (nSPS) is 21.6. The molecule has 0 aromatic rings. The zero-order valence-corrected chi connectivity index (χ0v) is 9.52. The molecule has 1 aliphatic rings. The molecule has 7 heteroatoms. The van der Waals surface area contributed by atoms with Crippen LogP contribution >= 0.6 is 0 Å². The maximum Gasteiger partial charge on any atom is 0.326 e. The van der Waals surface area contributed by atoms with Gasteiger partial charge in [-0.1, -0.05) is 0 Å². The highest BCUT2D eigenvalue weighted by Gasteiger charge is 2.21. The smallest absolute Gasteiger partial charge is 0.326 e. The number of carboxylic acid groups (broad SMARTS) is 1. The van der Waals surface area contributed by atoms with Crippen molar-refractivity contribution in [2.75, 3.05) is 19.8 Å². The van der Waals surface area contributed by atoms with Crippen LogP contribution in [-0.4, -0.2) is 54.1 Å². The topological polar surface area (TPSA) is 108 Å². The Morgan fingerprint density at radius 1 is 1.47 bits per heavy atom. The van der Waals surface area contributed by atoms with Gasteiger partial charge in [0.25, 0.3) is 0 Å². The van der Waals surface area contributed by atoms with Crippen LogP contribution in [0, 0.1) is 0 Å². The van der Waals surface area contributed by atoms with E-state index in [2.05, 4.69) is 10.6 Å². The Kier molecular flexibility index (Phi) is 5.71. The summed E-state index contributed by atoms with van der Waals surface area (Å²) in [6.45, 7) is 0.858. The van der Waals surface area contributed by atoms with E-state index >= 15 is 0 Å². The van der Waals surface area contributed by atoms with Gasteiger partial charge in [-0.15, -0.1) is 0 Å². The van der Waals surface area contributed by atoms with E-state index in [0.717, 1.165) is 12.8 Å². The molecular weight excluding hydrogens is 228 g/mol. The van der Waals surface area contributed by atoms with Crippen molar-refractivity contribution in [2.45, 2.75) is 31.3 Å². The van der Waals surface area contributed by atoms with Gasteiger partial charge in [0.05, 0.1) is 12.6 Å². The highest BCUT2D eigenvalue weighted by molar-refractivity contribution is 5.82. The van der Waals surface area contributed by atoms with Crippen molar-refractivity contribution < 1.29 is 24.5 Å². The molecule has 1 fully saturated rings. The summed E-state index contributed by atoms with van der Waals surface area (Å²) in [5.74, 6) is -1.16. The monoisotopic (exact) mass is 246 g/mol. The number of amides is 2. The molecule has 98 valence electrons. The molecule has 0 radical (unpaired) electrons. The van der Waals surface area contributed by atoms with E-state index in [1.165, 1.54) is 0 Å². The van der Waals surface area contributed by atoms with E-state index in [4.69, 9.17) is 14.9 Å². The Morgan fingerprint density at radius 2 is 2.24 bits per heavy atom. The van der Waals surface area contributed by atoms with E-state index in [-0.39, 0.29) is 19.1 Å². The van der Waals surface area contributed by atoms with E-state index in [9.17, 15) is 9.59 Å². The molecule has 0 aromatic carbocycles. The zero-order valence-electron chi connectivity index (χ0n) is 9.52.